The highest BCUT2D eigenvalue weighted by molar-refractivity contribution is 6.32. The molecule has 0 aliphatic carbocycles. The number of fused-ring (bicyclic) bond motifs is 1. The molecule has 1 heterocycles. The molecule has 0 atom stereocenters. The van der Waals surface area contributed by atoms with Crippen molar-refractivity contribution in [1.82, 2.24) is 4.98 Å². The lowest BCUT2D eigenvalue weighted by atomic mass is 9.98. The van der Waals surface area contributed by atoms with E-state index in [9.17, 15) is 4.79 Å². The van der Waals surface area contributed by atoms with Crippen LogP contribution in [-0.4, -0.2) is 4.98 Å². The monoisotopic (exact) mass is 249 g/mol. The van der Waals surface area contributed by atoms with Crippen LogP contribution in [0.15, 0.2) is 16.9 Å². The van der Waals surface area contributed by atoms with Crippen LogP contribution in [0.3, 0.4) is 0 Å². The quantitative estimate of drug-likeness (QED) is 0.816. The molecule has 90 valence electrons. The average molecular weight is 250 g/mol. The fraction of sp³-hybridized carbons (Fsp3) is 0.357. The van der Waals surface area contributed by atoms with Crippen molar-refractivity contribution in [2.45, 2.75) is 33.6 Å². The number of rotatable bonds is 1. The van der Waals surface area contributed by atoms with Crippen LogP contribution in [0.25, 0.3) is 10.9 Å². The van der Waals surface area contributed by atoms with E-state index in [0.29, 0.717) is 5.02 Å². The molecule has 0 unspecified atom stereocenters. The van der Waals surface area contributed by atoms with E-state index in [-0.39, 0.29) is 11.3 Å². The molecule has 0 aliphatic rings. The number of H-pyrrole nitrogens is 1. The fourth-order valence-corrected chi connectivity index (χ4v) is 2.46. The number of hydrogen-bond acceptors (Lipinski definition) is 1. The largest absolute Gasteiger partial charge is 0.358 e. The van der Waals surface area contributed by atoms with E-state index in [1.165, 1.54) is 0 Å². The Morgan fingerprint density at radius 3 is 2.47 bits per heavy atom. The van der Waals surface area contributed by atoms with Crippen molar-refractivity contribution in [2.75, 3.05) is 0 Å². The van der Waals surface area contributed by atoms with Crippen molar-refractivity contribution in [1.29, 1.82) is 0 Å². The van der Waals surface area contributed by atoms with Gasteiger partial charge in [-0.15, -0.1) is 0 Å². The molecule has 0 bridgehead atoms. The van der Waals surface area contributed by atoms with Crippen LogP contribution in [0, 0.1) is 13.8 Å². The molecule has 17 heavy (non-hydrogen) atoms. The normalized spacial score (nSPS) is 11.4. The molecule has 1 aromatic heterocycles. The Labute approximate surface area is 106 Å². The zero-order valence-electron chi connectivity index (χ0n) is 10.5. The first-order valence-electron chi connectivity index (χ1n) is 5.75. The summed E-state index contributed by atoms with van der Waals surface area (Å²) in [4.78, 5) is 15.7. The Balaban J connectivity index is 2.96. The van der Waals surface area contributed by atoms with Gasteiger partial charge in [-0.2, -0.15) is 0 Å². The summed E-state index contributed by atoms with van der Waals surface area (Å²) in [5.74, 6) is 0.221. The molecule has 3 heteroatoms. The second kappa shape index (κ2) is 4.19. The van der Waals surface area contributed by atoms with Crippen LogP contribution >= 0.6 is 11.6 Å². The highest BCUT2D eigenvalue weighted by atomic mass is 35.5. The molecule has 0 amide bonds. The maximum Gasteiger partial charge on any atom is 0.193 e. The molecule has 2 nitrogen and oxygen atoms in total. The van der Waals surface area contributed by atoms with Crippen LogP contribution in [0.4, 0.5) is 0 Å². The average Bonchev–Trinajstić information content (AvgIpc) is 2.23. The molecule has 0 aliphatic heterocycles. The lowest BCUT2D eigenvalue weighted by Crippen LogP contribution is -2.15. The first-order chi connectivity index (χ1) is 7.93. The smallest absolute Gasteiger partial charge is 0.193 e. The molecule has 0 radical (unpaired) electrons. The molecule has 0 saturated heterocycles. The Kier molecular flexibility index (Phi) is 3.00. The number of hydrogen-bond donors (Lipinski definition) is 1. The minimum Gasteiger partial charge on any atom is -0.358 e. The summed E-state index contributed by atoms with van der Waals surface area (Å²) in [6, 6.07) is 3.59. The van der Waals surface area contributed by atoms with E-state index >= 15 is 0 Å². The van der Waals surface area contributed by atoms with Gasteiger partial charge in [-0.25, -0.2) is 0 Å². The van der Waals surface area contributed by atoms with Gasteiger partial charge in [0.2, 0.25) is 0 Å². The summed E-state index contributed by atoms with van der Waals surface area (Å²) in [6.45, 7) is 7.93. The van der Waals surface area contributed by atoms with E-state index < -0.39 is 0 Å². The van der Waals surface area contributed by atoms with Gasteiger partial charge < -0.3 is 4.98 Å². The van der Waals surface area contributed by atoms with Crippen LogP contribution in [0.5, 0.6) is 0 Å². The highest BCUT2D eigenvalue weighted by Gasteiger charge is 2.14. The van der Waals surface area contributed by atoms with E-state index in [2.05, 4.69) is 4.98 Å². The maximum absolute atomic E-state index is 12.4. The van der Waals surface area contributed by atoms with Gasteiger partial charge in [-0.05, 0) is 37.5 Å². The first kappa shape index (κ1) is 12.2. The number of aryl methyl sites for hydroxylation is 2. The van der Waals surface area contributed by atoms with E-state index in [0.717, 1.165) is 27.7 Å². The number of nitrogens with one attached hydrogen (secondary N) is 1. The summed E-state index contributed by atoms with van der Waals surface area (Å²) in [5.41, 5.74) is 3.69. The Morgan fingerprint density at radius 2 is 1.88 bits per heavy atom. The molecule has 1 N–H and O–H groups in total. The summed E-state index contributed by atoms with van der Waals surface area (Å²) < 4.78 is 0. The Bertz CT molecular complexity index is 641. The van der Waals surface area contributed by atoms with Crippen molar-refractivity contribution in [2.24, 2.45) is 0 Å². The van der Waals surface area contributed by atoms with Gasteiger partial charge in [0.15, 0.2) is 5.43 Å². The van der Waals surface area contributed by atoms with Crippen molar-refractivity contribution in [3.05, 3.63) is 44.2 Å². The SMILES string of the molecule is Cc1[nH]c2c(C)c(Cl)ccc2c(=O)c1C(C)C. The topological polar surface area (TPSA) is 32.9 Å². The summed E-state index contributed by atoms with van der Waals surface area (Å²) in [7, 11) is 0. The van der Waals surface area contributed by atoms with Crippen molar-refractivity contribution < 1.29 is 0 Å². The third-order valence-corrected chi connectivity index (χ3v) is 3.59. The molecule has 2 rings (SSSR count). The lowest BCUT2D eigenvalue weighted by Gasteiger charge is -2.12. The fourth-order valence-electron chi connectivity index (χ4n) is 2.30. The minimum absolute atomic E-state index is 0.117. The van der Waals surface area contributed by atoms with Crippen LogP contribution in [0.1, 0.15) is 36.6 Å². The predicted octanol–water partition coefficient (Wildman–Crippen LogP) is 3.92. The first-order valence-corrected chi connectivity index (χ1v) is 6.13. The molecular formula is C14H16ClNO. The Morgan fingerprint density at radius 1 is 1.24 bits per heavy atom. The third kappa shape index (κ3) is 1.87. The maximum atomic E-state index is 12.4. The Hall–Kier alpha value is -1.28. The number of halogens is 1. The number of aromatic amines is 1. The zero-order valence-corrected chi connectivity index (χ0v) is 11.3. The van der Waals surface area contributed by atoms with Crippen molar-refractivity contribution >= 4 is 22.5 Å². The highest BCUT2D eigenvalue weighted by Crippen LogP contribution is 2.24. The van der Waals surface area contributed by atoms with Crippen LogP contribution in [-0.2, 0) is 0 Å². The second-order valence-corrected chi connectivity index (χ2v) is 5.15. The summed E-state index contributed by atoms with van der Waals surface area (Å²) in [6.07, 6.45) is 0. The van der Waals surface area contributed by atoms with Gasteiger partial charge >= 0.3 is 0 Å². The second-order valence-electron chi connectivity index (χ2n) is 4.74. The third-order valence-electron chi connectivity index (χ3n) is 3.18. The van der Waals surface area contributed by atoms with E-state index in [1.54, 1.807) is 12.1 Å². The zero-order chi connectivity index (χ0) is 12.7. The van der Waals surface area contributed by atoms with E-state index in [4.69, 9.17) is 11.6 Å². The summed E-state index contributed by atoms with van der Waals surface area (Å²) >= 11 is 6.07. The van der Waals surface area contributed by atoms with E-state index in [1.807, 2.05) is 27.7 Å². The number of pyridine rings is 1. The standard InChI is InChI=1S/C14H16ClNO/c1-7(2)12-9(4)16-13-8(3)11(15)6-5-10(13)14(12)17/h5-7H,1-4H3,(H,16,17). The predicted molar refractivity (Wildman–Crippen MR) is 73.1 cm³/mol. The number of aromatic nitrogens is 1. The lowest BCUT2D eigenvalue weighted by molar-refractivity contribution is 0.838. The molecule has 2 aromatic rings. The van der Waals surface area contributed by atoms with Crippen LogP contribution in [0.2, 0.25) is 5.02 Å². The minimum atomic E-state index is 0.117. The van der Waals surface area contributed by atoms with Gasteiger partial charge in [-0.3, -0.25) is 4.79 Å². The van der Waals surface area contributed by atoms with Gasteiger partial charge in [0, 0.05) is 21.7 Å². The van der Waals surface area contributed by atoms with Gasteiger partial charge in [-0.1, -0.05) is 25.4 Å². The molecule has 0 fully saturated rings. The molecular weight excluding hydrogens is 234 g/mol. The van der Waals surface area contributed by atoms with Gasteiger partial charge in [0.1, 0.15) is 0 Å². The van der Waals surface area contributed by atoms with Gasteiger partial charge in [0.25, 0.3) is 0 Å². The molecule has 1 aromatic carbocycles. The van der Waals surface area contributed by atoms with Crippen LogP contribution < -0.4 is 5.43 Å². The summed E-state index contributed by atoms with van der Waals surface area (Å²) in [5, 5.41) is 1.41. The van der Waals surface area contributed by atoms with Crippen molar-refractivity contribution in [3.63, 3.8) is 0 Å². The molecule has 0 saturated carbocycles. The van der Waals surface area contributed by atoms with Gasteiger partial charge in [0.05, 0.1) is 5.52 Å². The number of benzene rings is 1. The van der Waals surface area contributed by atoms with Crippen molar-refractivity contribution in [3.8, 4) is 0 Å². The molecule has 0 spiro atoms.